The topological polar surface area (TPSA) is 89.3 Å². The van der Waals surface area contributed by atoms with Crippen molar-refractivity contribution < 1.29 is 14.5 Å². The first-order valence-electron chi connectivity index (χ1n) is 8.67. The van der Waals surface area contributed by atoms with Crippen molar-refractivity contribution in [1.82, 2.24) is 0 Å². The number of benzene rings is 3. The highest BCUT2D eigenvalue weighted by molar-refractivity contribution is 6.32. The Morgan fingerprint density at radius 1 is 0.967 bits per heavy atom. The van der Waals surface area contributed by atoms with Gasteiger partial charge in [0, 0.05) is 28.3 Å². The van der Waals surface area contributed by atoms with Crippen molar-refractivity contribution in [3.8, 4) is 0 Å². The highest BCUT2D eigenvalue weighted by Gasteiger charge is 2.16. The fourth-order valence-corrected chi connectivity index (χ4v) is 3.04. The van der Waals surface area contributed by atoms with Crippen molar-refractivity contribution in [2.24, 2.45) is 0 Å². The molecule has 0 aromatic heterocycles. The lowest BCUT2D eigenvalue weighted by Gasteiger charge is -2.10. The summed E-state index contributed by atoms with van der Waals surface area (Å²) in [5, 5.41) is 14.0. The molecule has 0 atom stereocenters. The fourth-order valence-electron chi connectivity index (χ4n) is 2.68. The van der Waals surface area contributed by atoms with E-state index in [0.717, 1.165) is 0 Å². The van der Waals surface area contributed by atoms with E-state index < -0.39 is 10.8 Å². The highest BCUT2D eigenvalue weighted by Crippen LogP contribution is 2.26. The van der Waals surface area contributed by atoms with Crippen LogP contribution in [-0.2, 0) is 4.79 Å². The molecule has 0 unspecified atom stereocenters. The van der Waals surface area contributed by atoms with Crippen molar-refractivity contribution in [2.45, 2.75) is 0 Å². The van der Waals surface area contributed by atoms with Crippen LogP contribution in [-0.4, -0.2) is 16.6 Å². The van der Waals surface area contributed by atoms with Gasteiger partial charge in [0.25, 0.3) is 5.69 Å². The van der Waals surface area contributed by atoms with Crippen LogP contribution in [0.15, 0.2) is 72.8 Å². The minimum Gasteiger partial charge on any atom is -0.322 e. The van der Waals surface area contributed by atoms with Gasteiger partial charge in [-0.3, -0.25) is 19.7 Å². The van der Waals surface area contributed by atoms with E-state index in [2.05, 4.69) is 5.32 Å². The molecule has 6 nitrogen and oxygen atoms in total. The number of nitrogens with one attached hydrogen (secondary N) is 1. The normalized spacial score (nSPS) is 10.7. The van der Waals surface area contributed by atoms with Gasteiger partial charge in [-0.05, 0) is 35.9 Å². The minimum absolute atomic E-state index is 0.00633. The van der Waals surface area contributed by atoms with Crippen LogP contribution in [0.5, 0.6) is 0 Å². The number of anilines is 1. The maximum absolute atomic E-state index is 12.8. The average molecular weight is 441 g/mol. The van der Waals surface area contributed by atoms with Crippen LogP contribution in [0.25, 0.3) is 6.08 Å². The Labute approximate surface area is 181 Å². The van der Waals surface area contributed by atoms with Gasteiger partial charge in [-0.15, -0.1) is 0 Å². The maximum Gasteiger partial charge on any atom is 0.288 e. The summed E-state index contributed by atoms with van der Waals surface area (Å²) >= 11 is 11.8. The molecule has 0 saturated carbocycles. The van der Waals surface area contributed by atoms with E-state index in [0.29, 0.717) is 21.8 Å². The van der Waals surface area contributed by atoms with E-state index in [4.69, 9.17) is 23.2 Å². The van der Waals surface area contributed by atoms with Gasteiger partial charge in [-0.25, -0.2) is 0 Å². The van der Waals surface area contributed by atoms with Crippen LogP contribution in [0.1, 0.15) is 21.5 Å². The number of carbonyl (C=O) groups is 2. The number of amides is 1. The summed E-state index contributed by atoms with van der Waals surface area (Å²) in [5.74, 6) is -0.803. The Kier molecular flexibility index (Phi) is 6.61. The minimum atomic E-state index is -0.602. The van der Waals surface area contributed by atoms with Crippen molar-refractivity contribution in [2.75, 3.05) is 5.32 Å². The lowest BCUT2D eigenvalue weighted by atomic mass is 10.0. The third kappa shape index (κ3) is 5.11. The van der Waals surface area contributed by atoms with Gasteiger partial charge in [0.2, 0.25) is 5.91 Å². The molecular weight excluding hydrogens is 427 g/mol. The molecule has 1 amide bonds. The monoisotopic (exact) mass is 440 g/mol. The third-order valence-corrected chi connectivity index (χ3v) is 4.67. The Bertz CT molecular complexity index is 1160. The lowest BCUT2D eigenvalue weighted by Crippen LogP contribution is -2.12. The Hall–Kier alpha value is -3.48. The zero-order valence-corrected chi connectivity index (χ0v) is 16.9. The van der Waals surface area contributed by atoms with Crippen LogP contribution >= 0.6 is 23.2 Å². The Balaban J connectivity index is 1.82. The number of rotatable bonds is 6. The molecule has 3 rings (SSSR count). The van der Waals surface area contributed by atoms with E-state index in [9.17, 15) is 19.7 Å². The molecule has 0 aliphatic carbocycles. The summed E-state index contributed by atoms with van der Waals surface area (Å²) in [6.45, 7) is 0. The largest absolute Gasteiger partial charge is 0.322 e. The molecule has 0 saturated heterocycles. The lowest BCUT2D eigenvalue weighted by molar-refractivity contribution is -0.384. The maximum atomic E-state index is 12.8. The first-order chi connectivity index (χ1) is 14.3. The molecule has 0 aliphatic rings. The quantitative estimate of drug-likeness (QED) is 0.227. The molecular formula is C22H14Cl2N2O4. The molecule has 0 spiro atoms. The first kappa shape index (κ1) is 21.2. The molecule has 0 fully saturated rings. The number of nitro benzene ring substituents is 1. The van der Waals surface area contributed by atoms with Crippen LogP contribution in [0.4, 0.5) is 11.4 Å². The molecule has 150 valence electrons. The second-order valence-corrected chi connectivity index (χ2v) is 7.02. The van der Waals surface area contributed by atoms with Crippen molar-refractivity contribution in [1.29, 1.82) is 0 Å². The zero-order valence-electron chi connectivity index (χ0n) is 15.3. The molecule has 3 aromatic carbocycles. The predicted octanol–water partition coefficient (Wildman–Crippen LogP) is 5.78. The number of carbonyl (C=O) groups excluding carboxylic acids is 2. The van der Waals surface area contributed by atoms with Crippen molar-refractivity contribution in [3.63, 3.8) is 0 Å². The van der Waals surface area contributed by atoms with Crippen LogP contribution in [0.2, 0.25) is 10.0 Å². The first-order valence-corrected chi connectivity index (χ1v) is 9.43. The van der Waals surface area contributed by atoms with Gasteiger partial charge in [-0.2, -0.15) is 0 Å². The van der Waals surface area contributed by atoms with Gasteiger partial charge >= 0.3 is 0 Å². The molecule has 0 heterocycles. The summed E-state index contributed by atoms with van der Waals surface area (Å²) < 4.78 is 0. The Morgan fingerprint density at radius 2 is 1.70 bits per heavy atom. The van der Waals surface area contributed by atoms with Crippen LogP contribution in [0.3, 0.4) is 0 Å². The highest BCUT2D eigenvalue weighted by atomic mass is 35.5. The summed E-state index contributed by atoms with van der Waals surface area (Å²) in [6.07, 6.45) is 2.62. The number of hydrogen-bond acceptors (Lipinski definition) is 4. The standard InChI is InChI=1S/C22H14Cl2N2O4/c23-16-8-10-19(17(13-16)22(28)15-4-2-1-3-5-15)25-21(27)11-7-14-6-9-18(24)20(12-14)26(29)30/h1-13H,(H,25,27). The molecule has 8 heteroatoms. The summed E-state index contributed by atoms with van der Waals surface area (Å²) in [6, 6.07) is 17.4. The zero-order chi connectivity index (χ0) is 21.7. The molecule has 0 aliphatic heterocycles. The molecule has 30 heavy (non-hydrogen) atoms. The number of hydrogen-bond donors (Lipinski definition) is 1. The van der Waals surface area contributed by atoms with Gasteiger partial charge in [0.05, 0.1) is 10.6 Å². The molecule has 1 N–H and O–H groups in total. The summed E-state index contributed by atoms with van der Waals surface area (Å²) in [5.41, 5.74) is 1.17. The average Bonchev–Trinajstić information content (AvgIpc) is 2.74. The summed E-state index contributed by atoms with van der Waals surface area (Å²) in [4.78, 5) is 35.5. The smallest absolute Gasteiger partial charge is 0.288 e. The van der Waals surface area contributed by atoms with Gasteiger partial charge in [0.1, 0.15) is 5.02 Å². The van der Waals surface area contributed by atoms with Crippen molar-refractivity contribution in [3.05, 3.63) is 110 Å². The van der Waals surface area contributed by atoms with E-state index in [1.165, 1.54) is 36.4 Å². The van der Waals surface area contributed by atoms with Gasteiger partial charge in [-0.1, -0.05) is 59.6 Å². The second kappa shape index (κ2) is 9.35. The van der Waals surface area contributed by atoms with E-state index in [1.807, 2.05) is 0 Å². The van der Waals surface area contributed by atoms with Crippen LogP contribution in [0, 0.1) is 10.1 Å². The third-order valence-electron chi connectivity index (χ3n) is 4.11. The number of ketones is 1. The molecule has 0 radical (unpaired) electrons. The van der Waals surface area contributed by atoms with E-state index >= 15 is 0 Å². The van der Waals surface area contributed by atoms with Crippen molar-refractivity contribution >= 4 is 52.3 Å². The fraction of sp³-hybridized carbons (Fsp3) is 0. The Morgan fingerprint density at radius 3 is 2.40 bits per heavy atom. The number of halogens is 2. The number of nitro groups is 1. The van der Waals surface area contributed by atoms with Gasteiger partial charge < -0.3 is 5.32 Å². The summed E-state index contributed by atoms with van der Waals surface area (Å²) in [7, 11) is 0. The number of nitrogens with zero attached hydrogens (tertiary/aromatic N) is 1. The molecule has 3 aromatic rings. The predicted molar refractivity (Wildman–Crippen MR) is 117 cm³/mol. The van der Waals surface area contributed by atoms with Crippen LogP contribution < -0.4 is 5.32 Å². The van der Waals surface area contributed by atoms with E-state index in [1.54, 1.807) is 42.5 Å². The SMILES string of the molecule is O=C(C=Cc1ccc(Cl)c([N+](=O)[O-])c1)Nc1ccc(Cl)cc1C(=O)c1ccccc1. The second-order valence-electron chi connectivity index (χ2n) is 6.18. The van der Waals surface area contributed by atoms with Gasteiger partial charge in [0.15, 0.2) is 5.78 Å². The molecule has 0 bridgehead atoms. The van der Waals surface area contributed by atoms with E-state index in [-0.39, 0.29) is 22.1 Å².